The molecule has 1 amide bonds. The molecule has 0 aliphatic rings. The Labute approximate surface area is 151 Å². The smallest absolute Gasteiger partial charge is 0.275 e. The number of carbonyl (C=O) groups excluding carboxylic acids is 1. The van der Waals surface area contributed by atoms with E-state index in [2.05, 4.69) is 20.3 Å². The molecule has 1 N–H and O–H groups in total. The summed E-state index contributed by atoms with van der Waals surface area (Å²) in [6, 6.07) is 8.08. The van der Waals surface area contributed by atoms with Crippen molar-refractivity contribution in [1.29, 1.82) is 0 Å². The van der Waals surface area contributed by atoms with Gasteiger partial charge in [-0.05, 0) is 6.92 Å². The van der Waals surface area contributed by atoms with Gasteiger partial charge < -0.3 is 5.32 Å². The Morgan fingerprint density at radius 2 is 1.72 bits per heavy atom. The molecule has 0 bridgehead atoms. The van der Waals surface area contributed by atoms with Crippen LogP contribution in [0.2, 0.25) is 0 Å². The zero-order valence-corrected chi connectivity index (χ0v) is 15.5. The van der Waals surface area contributed by atoms with Gasteiger partial charge in [-0.25, -0.2) is 15.0 Å². The number of aryl methyl sites for hydroxylation is 1. The average Bonchev–Trinajstić information content (AvgIpc) is 3.05. The topological polar surface area (TPSA) is 67.8 Å². The molecule has 1 aromatic carbocycles. The Bertz CT molecular complexity index is 877. The lowest BCUT2D eigenvalue weighted by Gasteiger charge is -2.16. The van der Waals surface area contributed by atoms with Crippen LogP contribution in [0.4, 0.5) is 5.69 Å². The molecule has 5 nitrogen and oxygen atoms in total. The standard InChI is InChI=1S/C19H20N4OS/c1-12-5-7-13(8-6-12)17-23-15(11-25-17)16(24)22-14-9-20-18(21-10-14)19(2,3)4/h5-11H,1-4H3,(H,22,24). The van der Waals surface area contributed by atoms with Crippen LogP contribution in [0.3, 0.4) is 0 Å². The molecule has 25 heavy (non-hydrogen) atoms. The number of aromatic nitrogens is 3. The van der Waals surface area contributed by atoms with Crippen LogP contribution in [-0.4, -0.2) is 20.9 Å². The molecular weight excluding hydrogens is 332 g/mol. The Morgan fingerprint density at radius 3 is 2.32 bits per heavy atom. The van der Waals surface area contributed by atoms with E-state index in [1.165, 1.54) is 16.9 Å². The molecule has 0 aliphatic heterocycles. The highest BCUT2D eigenvalue weighted by atomic mass is 32.1. The first-order valence-corrected chi connectivity index (χ1v) is 8.87. The quantitative estimate of drug-likeness (QED) is 0.756. The van der Waals surface area contributed by atoms with Gasteiger partial charge in [0.15, 0.2) is 0 Å². The van der Waals surface area contributed by atoms with E-state index in [1.807, 2.05) is 52.0 Å². The zero-order chi connectivity index (χ0) is 18.0. The summed E-state index contributed by atoms with van der Waals surface area (Å²) in [6.07, 6.45) is 3.25. The van der Waals surface area contributed by atoms with Gasteiger partial charge in [0.25, 0.3) is 5.91 Å². The first kappa shape index (κ1) is 17.2. The summed E-state index contributed by atoms with van der Waals surface area (Å²) in [7, 11) is 0. The number of anilines is 1. The minimum Gasteiger partial charge on any atom is -0.318 e. The van der Waals surface area contributed by atoms with Crippen molar-refractivity contribution >= 4 is 22.9 Å². The molecule has 0 fully saturated rings. The van der Waals surface area contributed by atoms with Crippen LogP contribution in [0.25, 0.3) is 10.6 Å². The number of thiazole rings is 1. The predicted octanol–water partition coefficient (Wildman–Crippen LogP) is 4.46. The Morgan fingerprint density at radius 1 is 1.08 bits per heavy atom. The van der Waals surface area contributed by atoms with Crippen molar-refractivity contribution in [2.24, 2.45) is 0 Å². The minimum absolute atomic E-state index is 0.125. The normalized spacial score (nSPS) is 11.4. The van der Waals surface area contributed by atoms with Crippen LogP contribution in [0, 0.1) is 6.92 Å². The predicted molar refractivity (Wildman–Crippen MR) is 101 cm³/mol. The van der Waals surface area contributed by atoms with Gasteiger partial charge in [-0.15, -0.1) is 11.3 Å². The largest absolute Gasteiger partial charge is 0.318 e. The molecule has 2 heterocycles. The van der Waals surface area contributed by atoms with Gasteiger partial charge in [0.1, 0.15) is 16.5 Å². The van der Waals surface area contributed by atoms with Crippen molar-refractivity contribution in [2.45, 2.75) is 33.1 Å². The molecule has 0 saturated heterocycles. The van der Waals surface area contributed by atoms with Crippen LogP contribution in [-0.2, 0) is 5.41 Å². The number of nitrogens with one attached hydrogen (secondary N) is 1. The summed E-state index contributed by atoms with van der Waals surface area (Å²) in [5.41, 5.74) is 3.02. The summed E-state index contributed by atoms with van der Waals surface area (Å²) < 4.78 is 0. The summed E-state index contributed by atoms with van der Waals surface area (Å²) in [5, 5.41) is 5.37. The highest BCUT2D eigenvalue weighted by Crippen LogP contribution is 2.24. The SMILES string of the molecule is Cc1ccc(-c2nc(C(=O)Nc3cnc(C(C)(C)C)nc3)cs2)cc1. The van der Waals surface area contributed by atoms with E-state index in [0.29, 0.717) is 11.4 Å². The van der Waals surface area contributed by atoms with Crippen LogP contribution < -0.4 is 5.32 Å². The lowest BCUT2D eigenvalue weighted by atomic mass is 9.96. The number of benzene rings is 1. The second-order valence-electron chi connectivity index (χ2n) is 6.90. The van der Waals surface area contributed by atoms with Crippen molar-refractivity contribution in [3.63, 3.8) is 0 Å². The molecule has 0 aliphatic carbocycles. The highest BCUT2D eigenvalue weighted by molar-refractivity contribution is 7.13. The van der Waals surface area contributed by atoms with E-state index in [4.69, 9.17) is 0 Å². The number of nitrogens with zero attached hydrogens (tertiary/aromatic N) is 3. The summed E-state index contributed by atoms with van der Waals surface area (Å²) >= 11 is 1.45. The molecule has 3 rings (SSSR count). The van der Waals surface area contributed by atoms with E-state index >= 15 is 0 Å². The second-order valence-corrected chi connectivity index (χ2v) is 7.76. The van der Waals surface area contributed by atoms with E-state index in [0.717, 1.165) is 16.4 Å². The zero-order valence-electron chi connectivity index (χ0n) is 14.7. The number of rotatable bonds is 3. The molecule has 0 saturated carbocycles. The third kappa shape index (κ3) is 4.09. The van der Waals surface area contributed by atoms with Gasteiger partial charge in [0.05, 0.1) is 18.1 Å². The van der Waals surface area contributed by atoms with Crippen LogP contribution >= 0.6 is 11.3 Å². The first-order chi connectivity index (χ1) is 11.8. The van der Waals surface area contributed by atoms with E-state index < -0.39 is 0 Å². The lowest BCUT2D eigenvalue weighted by molar-refractivity contribution is 0.102. The van der Waals surface area contributed by atoms with Crippen LogP contribution in [0.15, 0.2) is 42.0 Å². The number of hydrogen-bond donors (Lipinski definition) is 1. The molecular formula is C19H20N4OS. The molecule has 0 spiro atoms. The summed E-state index contributed by atoms with van der Waals surface area (Å²) in [4.78, 5) is 25.4. The number of hydrogen-bond acceptors (Lipinski definition) is 5. The Balaban J connectivity index is 1.72. The maximum Gasteiger partial charge on any atom is 0.275 e. The van der Waals surface area contributed by atoms with Gasteiger partial charge in [-0.1, -0.05) is 50.6 Å². The number of amides is 1. The third-order valence-electron chi connectivity index (χ3n) is 3.62. The first-order valence-electron chi connectivity index (χ1n) is 7.99. The molecule has 6 heteroatoms. The summed E-state index contributed by atoms with van der Waals surface area (Å²) in [6.45, 7) is 8.17. The molecule has 2 aromatic heterocycles. The van der Waals surface area contributed by atoms with Crippen molar-refractivity contribution in [1.82, 2.24) is 15.0 Å². The molecule has 0 radical (unpaired) electrons. The van der Waals surface area contributed by atoms with Crippen molar-refractivity contribution in [3.8, 4) is 10.6 Å². The summed E-state index contributed by atoms with van der Waals surface area (Å²) in [5.74, 6) is 0.475. The van der Waals surface area contributed by atoms with Crippen molar-refractivity contribution in [2.75, 3.05) is 5.32 Å². The molecule has 0 unspecified atom stereocenters. The fourth-order valence-corrected chi connectivity index (χ4v) is 2.99. The van der Waals surface area contributed by atoms with Gasteiger partial charge in [-0.3, -0.25) is 4.79 Å². The van der Waals surface area contributed by atoms with E-state index in [9.17, 15) is 4.79 Å². The van der Waals surface area contributed by atoms with Gasteiger partial charge >= 0.3 is 0 Å². The van der Waals surface area contributed by atoms with Gasteiger partial charge in [-0.2, -0.15) is 0 Å². The highest BCUT2D eigenvalue weighted by Gasteiger charge is 2.17. The maximum atomic E-state index is 12.4. The molecule has 0 atom stereocenters. The lowest BCUT2D eigenvalue weighted by Crippen LogP contribution is -2.17. The second kappa shape index (κ2) is 6.72. The van der Waals surface area contributed by atoms with Crippen molar-refractivity contribution < 1.29 is 4.79 Å². The van der Waals surface area contributed by atoms with Crippen molar-refractivity contribution in [3.05, 3.63) is 59.1 Å². The fraction of sp³-hybridized carbons (Fsp3) is 0.263. The Kier molecular flexibility index (Phi) is 4.63. The molecule has 128 valence electrons. The van der Waals surface area contributed by atoms with E-state index in [-0.39, 0.29) is 11.3 Å². The van der Waals surface area contributed by atoms with Crippen LogP contribution in [0.1, 0.15) is 42.6 Å². The number of carbonyl (C=O) groups is 1. The van der Waals surface area contributed by atoms with Gasteiger partial charge in [0, 0.05) is 16.4 Å². The average molecular weight is 352 g/mol. The monoisotopic (exact) mass is 352 g/mol. The third-order valence-corrected chi connectivity index (χ3v) is 4.51. The fourth-order valence-electron chi connectivity index (χ4n) is 2.18. The minimum atomic E-state index is -0.262. The van der Waals surface area contributed by atoms with E-state index in [1.54, 1.807) is 17.8 Å². The molecule has 3 aromatic rings. The maximum absolute atomic E-state index is 12.4. The van der Waals surface area contributed by atoms with Crippen LogP contribution in [0.5, 0.6) is 0 Å². The Hall–Kier alpha value is -2.60. The van der Waals surface area contributed by atoms with Gasteiger partial charge in [0.2, 0.25) is 0 Å².